The van der Waals surface area contributed by atoms with Crippen LogP contribution in [0.3, 0.4) is 0 Å². The van der Waals surface area contributed by atoms with Crippen molar-refractivity contribution >= 4 is 22.6 Å². The third-order valence-corrected chi connectivity index (χ3v) is 3.09. The number of aryl methyl sites for hydroxylation is 1. The Bertz CT molecular complexity index is 823. The number of nitrogens with one attached hydrogen (secondary N) is 2. The average molecular weight is 283 g/mol. The molecule has 21 heavy (non-hydrogen) atoms. The van der Waals surface area contributed by atoms with Gasteiger partial charge in [0.1, 0.15) is 5.82 Å². The Labute approximate surface area is 119 Å². The molecule has 0 unspecified atom stereocenters. The van der Waals surface area contributed by atoms with Crippen LogP contribution in [0.1, 0.15) is 6.42 Å². The highest BCUT2D eigenvalue weighted by Gasteiger charge is 2.07. The van der Waals surface area contributed by atoms with E-state index in [-0.39, 0.29) is 24.4 Å². The van der Waals surface area contributed by atoms with Crippen molar-refractivity contribution in [2.75, 3.05) is 5.32 Å². The van der Waals surface area contributed by atoms with Gasteiger partial charge in [-0.2, -0.15) is 5.10 Å². The lowest BCUT2D eigenvalue weighted by atomic mass is 10.2. The number of hydrogen-bond acceptors (Lipinski definition) is 4. The number of H-pyrrole nitrogens is 1. The van der Waals surface area contributed by atoms with E-state index in [4.69, 9.17) is 0 Å². The van der Waals surface area contributed by atoms with E-state index < -0.39 is 0 Å². The Kier molecular flexibility index (Phi) is 3.46. The molecule has 0 bridgehead atoms. The second-order valence-corrected chi connectivity index (χ2v) is 4.53. The van der Waals surface area contributed by atoms with Crippen LogP contribution in [0.4, 0.5) is 5.82 Å². The molecule has 0 radical (unpaired) electrons. The number of carbonyl (C=O) groups excluding carboxylic acids is 1. The summed E-state index contributed by atoms with van der Waals surface area (Å²) in [5.41, 5.74) is 0.510. The molecule has 0 fully saturated rings. The van der Waals surface area contributed by atoms with Crippen LogP contribution >= 0.6 is 0 Å². The first-order valence-corrected chi connectivity index (χ1v) is 6.47. The minimum absolute atomic E-state index is 0.144. The maximum absolute atomic E-state index is 12.2. The van der Waals surface area contributed by atoms with Gasteiger partial charge in [-0.3, -0.25) is 19.3 Å². The van der Waals surface area contributed by atoms with E-state index in [9.17, 15) is 9.59 Å². The third-order valence-electron chi connectivity index (χ3n) is 3.09. The summed E-state index contributed by atoms with van der Waals surface area (Å²) >= 11 is 0. The number of nitrogens with zero attached hydrogens (tertiary/aromatic N) is 3. The van der Waals surface area contributed by atoms with Crippen LogP contribution in [-0.2, 0) is 11.3 Å². The fourth-order valence-corrected chi connectivity index (χ4v) is 2.03. The molecule has 2 aromatic heterocycles. The molecule has 106 valence electrons. The zero-order valence-corrected chi connectivity index (χ0v) is 11.1. The Morgan fingerprint density at radius 1 is 1.29 bits per heavy atom. The molecule has 7 nitrogen and oxygen atoms in total. The van der Waals surface area contributed by atoms with Crippen molar-refractivity contribution < 1.29 is 4.79 Å². The van der Waals surface area contributed by atoms with Crippen LogP contribution in [0.25, 0.3) is 10.9 Å². The smallest absolute Gasteiger partial charge is 0.261 e. The summed E-state index contributed by atoms with van der Waals surface area (Å²) in [6, 6.07) is 8.79. The predicted octanol–water partition coefficient (Wildman–Crippen LogP) is 1.15. The summed E-state index contributed by atoms with van der Waals surface area (Å²) in [6.45, 7) is 0.274. The number of para-hydroxylation sites is 1. The second-order valence-electron chi connectivity index (χ2n) is 4.53. The molecule has 0 saturated heterocycles. The summed E-state index contributed by atoms with van der Waals surface area (Å²) in [4.78, 5) is 28.2. The minimum Gasteiger partial charge on any atom is -0.311 e. The Hall–Kier alpha value is -2.96. The highest BCUT2D eigenvalue weighted by atomic mass is 16.2. The van der Waals surface area contributed by atoms with Gasteiger partial charge in [0.15, 0.2) is 0 Å². The van der Waals surface area contributed by atoms with E-state index in [1.807, 2.05) is 6.07 Å². The first-order chi connectivity index (χ1) is 10.2. The van der Waals surface area contributed by atoms with Crippen LogP contribution in [-0.4, -0.2) is 25.7 Å². The fourth-order valence-electron chi connectivity index (χ4n) is 2.03. The monoisotopic (exact) mass is 283 g/mol. The third kappa shape index (κ3) is 2.81. The zero-order valence-electron chi connectivity index (χ0n) is 11.1. The number of fused-ring (bicyclic) bond motifs is 1. The van der Waals surface area contributed by atoms with Gasteiger partial charge in [0.2, 0.25) is 5.91 Å². The molecule has 3 rings (SSSR count). The number of amides is 1. The van der Waals surface area contributed by atoms with Crippen LogP contribution in [0.5, 0.6) is 0 Å². The minimum atomic E-state index is -0.195. The van der Waals surface area contributed by atoms with Gasteiger partial charge in [-0.25, -0.2) is 4.98 Å². The second kappa shape index (κ2) is 5.58. The molecule has 0 saturated carbocycles. The molecular formula is C14H13N5O2. The van der Waals surface area contributed by atoms with Gasteiger partial charge in [-0.1, -0.05) is 12.1 Å². The van der Waals surface area contributed by atoms with Crippen molar-refractivity contribution in [3.63, 3.8) is 0 Å². The molecule has 7 heteroatoms. The molecule has 2 N–H and O–H groups in total. The first-order valence-electron chi connectivity index (χ1n) is 6.47. The van der Waals surface area contributed by atoms with Gasteiger partial charge in [-0.05, 0) is 12.1 Å². The molecule has 3 aromatic rings. The number of anilines is 1. The molecule has 0 spiro atoms. The molecule has 2 heterocycles. The molecule has 1 aromatic carbocycles. The maximum Gasteiger partial charge on any atom is 0.261 e. The Balaban J connectivity index is 1.72. The molecule has 1 amide bonds. The summed E-state index contributed by atoms with van der Waals surface area (Å²) in [5.74, 6) is 0.336. The molecule has 0 aliphatic rings. The topological polar surface area (TPSA) is 92.7 Å². The van der Waals surface area contributed by atoms with E-state index in [0.29, 0.717) is 16.7 Å². The van der Waals surface area contributed by atoms with Crippen molar-refractivity contribution in [1.82, 2.24) is 19.7 Å². The summed E-state index contributed by atoms with van der Waals surface area (Å²) in [7, 11) is 0. The summed E-state index contributed by atoms with van der Waals surface area (Å²) in [6.07, 6.45) is 3.19. The van der Waals surface area contributed by atoms with E-state index in [1.165, 1.54) is 10.9 Å². The lowest BCUT2D eigenvalue weighted by Crippen LogP contribution is -2.23. The number of benzene rings is 1. The summed E-state index contributed by atoms with van der Waals surface area (Å²) < 4.78 is 1.44. The number of hydrogen-bond donors (Lipinski definition) is 2. The number of carbonyl (C=O) groups is 1. The Morgan fingerprint density at radius 3 is 2.95 bits per heavy atom. The van der Waals surface area contributed by atoms with Gasteiger partial charge in [0, 0.05) is 19.0 Å². The van der Waals surface area contributed by atoms with E-state index in [1.54, 1.807) is 30.5 Å². The standard InChI is InChI=1S/C14H13N5O2/c20-13(17-12-5-7-16-18-12)6-8-19-9-15-11-4-2-1-3-10(11)14(19)21/h1-5,7,9H,6,8H2,(H2,16,17,18,20). The van der Waals surface area contributed by atoms with Crippen LogP contribution < -0.4 is 10.9 Å². The lowest BCUT2D eigenvalue weighted by Gasteiger charge is -2.06. The molecular weight excluding hydrogens is 270 g/mol. The number of aromatic nitrogens is 4. The van der Waals surface area contributed by atoms with Gasteiger partial charge in [0.05, 0.1) is 23.4 Å². The van der Waals surface area contributed by atoms with Gasteiger partial charge in [0.25, 0.3) is 5.56 Å². The van der Waals surface area contributed by atoms with Crippen molar-refractivity contribution in [1.29, 1.82) is 0 Å². The van der Waals surface area contributed by atoms with E-state index in [2.05, 4.69) is 20.5 Å². The highest BCUT2D eigenvalue weighted by molar-refractivity contribution is 5.89. The quantitative estimate of drug-likeness (QED) is 0.751. The highest BCUT2D eigenvalue weighted by Crippen LogP contribution is 2.05. The largest absolute Gasteiger partial charge is 0.311 e. The van der Waals surface area contributed by atoms with Crippen LogP contribution in [0.15, 0.2) is 47.7 Å². The van der Waals surface area contributed by atoms with E-state index in [0.717, 1.165) is 0 Å². The number of rotatable bonds is 4. The lowest BCUT2D eigenvalue weighted by molar-refractivity contribution is -0.116. The first kappa shape index (κ1) is 13.0. The Morgan fingerprint density at radius 2 is 2.14 bits per heavy atom. The SMILES string of the molecule is O=C(CCn1cnc2ccccc2c1=O)Nc1ccn[nH]1. The van der Waals surface area contributed by atoms with Crippen molar-refractivity contribution in [2.24, 2.45) is 0 Å². The number of aromatic amines is 1. The van der Waals surface area contributed by atoms with Crippen LogP contribution in [0.2, 0.25) is 0 Å². The van der Waals surface area contributed by atoms with Gasteiger partial charge in [-0.15, -0.1) is 0 Å². The normalized spacial score (nSPS) is 10.7. The van der Waals surface area contributed by atoms with Crippen LogP contribution in [0, 0.1) is 0 Å². The molecule has 0 aliphatic carbocycles. The van der Waals surface area contributed by atoms with Crippen molar-refractivity contribution in [2.45, 2.75) is 13.0 Å². The predicted molar refractivity (Wildman–Crippen MR) is 77.8 cm³/mol. The average Bonchev–Trinajstić information content (AvgIpc) is 3.00. The zero-order chi connectivity index (χ0) is 14.7. The molecule has 0 atom stereocenters. The van der Waals surface area contributed by atoms with Gasteiger partial charge >= 0.3 is 0 Å². The molecule has 0 aliphatic heterocycles. The van der Waals surface area contributed by atoms with Gasteiger partial charge < -0.3 is 5.32 Å². The van der Waals surface area contributed by atoms with Crippen molar-refractivity contribution in [3.05, 3.63) is 53.2 Å². The fraction of sp³-hybridized carbons (Fsp3) is 0.143. The summed E-state index contributed by atoms with van der Waals surface area (Å²) in [5, 5.41) is 9.58. The van der Waals surface area contributed by atoms with Crippen molar-refractivity contribution in [3.8, 4) is 0 Å². The van der Waals surface area contributed by atoms with E-state index >= 15 is 0 Å². The maximum atomic E-state index is 12.2.